The SMILES string of the molecule is C1=CC=C2NC3CCCCC3=C2C=C1. The third-order valence-corrected chi connectivity index (χ3v) is 3.32. The second-order valence-electron chi connectivity index (χ2n) is 4.21. The van der Waals surface area contributed by atoms with E-state index >= 15 is 0 Å². The molecule has 1 saturated carbocycles. The first-order valence-corrected chi connectivity index (χ1v) is 5.50. The number of hydrogen-bond acceptors (Lipinski definition) is 1. The van der Waals surface area contributed by atoms with Crippen LogP contribution >= 0.6 is 0 Å². The van der Waals surface area contributed by atoms with Gasteiger partial charge in [0.05, 0.1) is 0 Å². The number of rotatable bonds is 0. The van der Waals surface area contributed by atoms with Crippen LogP contribution in [0.15, 0.2) is 47.2 Å². The van der Waals surface area contributed by atoms with E-state index in [1.807, 2.05) is 0 Å². The molecule has 1 heterocycles. The first kappa shape index (κ1) is 8.10. The Hall–Kier alpha value is -1.24. The summed E-state index contributed by atoms with van der Waals surface area (Å²) in [4.78, 5) is 0. The van der Waals surface area contributed by atoms with Gasteiger partial charge < -0.3 is 5.32 Å². The van der Waals surface area contributed by atoms with Gasteiger partial charge in [0.1, 0.15) is 0 Å². The van der Waals surface area contributed by atoms with E-state index in [2.05, 4.69) is 35.7 Å². The first-order valence-electron chi connectivity index (χ1n) is 5.50. The molecule has 0 aromatic heterocycles. The van der Waals surface area contributed by atoms with Crippen LogP contribution in [-0.2, 0) is 0 Å². The normalized spacial score (nSPS) is 29.1. The fourth-order valence-corrected chi connectivity index (χ4v) is 2.63. The number of allylic oxidation sites excluding steroid dienone is 5. The molecule has 1 unspecified atom stereocenters. The molecule has 2 aliphatic carbocycles. The second kappa shape index (κ2) is 3.16. The standard InChI is InChI=1S/C13H15N/c1-2-6-10-11-7-4-5-9-13(11)14-12(10)8-3-1/h1-3,6,8,13-14H,4-5,7,9H2. The molecule has 1 atom stereocenters. The van der Waals surface area contributed by atoms with Crippen molar-refractivity contribution in [1.82, 2.24) is 5.32 Å². The number of fused-ring (bicyclic) bond motifs is 2. The van der Waals surface area contributed by atoms with Gasteiger partial charge in [-0.15, -0.1) is 0 Å². The van der Waals surface area contributed by atoms with Crippen LogP contribution in [0.25, 0.3) is 0 Å². The Morgan fingerprint density at radius 3 is 3.14 bits per heavy atom. The van der Waals surface area contributed by atoms with E-state index in [9.17, 15) is 0 Å². The highest BCUT2D eigenvalue weighted by molar-refractivity contribution is 5.53. The van der Waals surface area contributed by atoms with Gasteiger partial charge in [-0.1, -0.05) is 30.7 Å². The van der Waals surface area contributed by atoms with Gasteiger partial charge >= 0.3 is 0 Å². The largest absolute Gasteiger partial charge is 0.378 e. The molecule has 72 valence electrons. The van der Waals surface area contributed by atoms with Crippen LogP contribution in [0.2, 0.25) is 0 Å². The first-order chi connectivity index (χ1) is 6.95. The van der Waals surface area contributed by atoms with Crippen molar-refractivity contribution >= 4 is 0 Å². The lowest BCUT2D eigenvalue weighted by atomic mass is 9.89. The summed E-state index contributed by atoms with van der Waals surface area (Å²) in [6.07, 6.45) is 16.1. The molecule has 0 spiro atoms. The van der Waals surface area contributed by atoms with E-state index < -0.39 is 0 Å². The Bertz CT molecular complexity index is 369. The molecular weight excluding hydrogens is 170 g/mol. The molecule has 0 bridgehead atoms. The van der Waals surface area contributed by atoms with Crippen molar-refractivity contribution in [1.29, 1.82) is 0 Å². The molecule has 0 amide bonds. The number of nitrogens with one attached hydrogen (secondary N) is 1. The van der Waals surface area contributed by atoms with Gasteiger partial charge in [-0.3, -0.25) is 0 Å². The van der Waals surface area contributed by atoms with Crippen LogP contribution in [-0.4, -0.2) is 6.04 Å². The monoisotopic (exact) mass is 185 g/mol. The summed E-state index contributed by atoms with van der Waals surface area (Å²) < 4.78 is 0. The molecule has 0 saturated heterocycles. The maximum atomic E-state index is 3.62. The van der Waals surface area contributed by atoms with Crippen molar-refractivity contribution in [3.05, 3.63) is 47.2 Å². The lowest BCUT2D eigenvalue weighted by molar-refractivity contribution is 0.506. The van der Waals surface area contributed by atoms with Gasteiger partial charge in [0.15, 0.2) is 0 Å². The van der Waals surface area contributed by atoms with Gasteiger partial charge in [0, 0.05) is 11.7 Å². The summed E-state index contributed by atoms with van der Waals surface area (Å²) in [5.74, 6) is 0. The third kappa shape index (κ3) is 1.16. The van der Waals surface area contributed by atoms with Crippen LogP contribution in [0.1, 0.15) is 25.7 Å². The Balaban J connectivity index is 2.05. The molecule has 14 heavy (non-hydrogen) atoms. The second-order valence-corrected chi connectivity index (χ2v) is 4.21. The predicted octanol–water partition coefficient (Wildman–Crippen LogP) is 2.84. The van der Waals surface area contributed by atoms with E-state index in [0.717, 1.165) is 0 Å². The summed E-state index contributed by atoms with van der Waals surface area (Å²) in [6, 6.07) is 0.640. The van der Waals surface area contributed by atoms with Crippen molar-refractivity contribution in [3.63, 3.8) is 0 Å². The van der Waals surface area contributed by atoms with Crippen molar-refractivity contribution in [2.75, 3.05) is 0 Å². The van der Waals surface area contributed by atoms with Crippen molar-refractivity contribution in [2.45, 2.75) is 31.7 Å². The zero-order chi connectivity index (χ0) is 9.38. The molecule has 1 fully saturated rings. The van der Waals surface area contributed by atoms with E-state index in [-0.39, 0.29) is 0 Å². The summed E-state index contributed by atoms with van der Waals surface area (Å²) in [7, 11) is 0. The maximum absolute atomic E-state index is 3.62. The molecule has 1 nitrogen and oxygen atoms in total. The summed E-state index contributed by atoms with van der Waals surface area (Å²) >= 11 is 0. The fraction of sp³-hybridized carbons (Fsp3) is 0.385. The molecule has 3 aliphatic rings. The summed E-state index contributed by atoms with van der Waals surface area (Å²) in [5.41, 5.74) is 4.43. The summed E-state index contributed by atoms with van der Waals surface area (Å²) in [6.45, 7) is 0. The van der Waals surface area contributed by atoms with Crippen LogP contribution in [0.3, 0.4) is 0 Å². The van der Waals surface area contributed by atoms with E-state index in [0.29, 0.717) is 6.04 Å². The highest BCUT2D eigenvalue weighted by Crippen LogP contribution is 2.35. The van der Waals surface area contributed by atoms with Gasteiger partial charge in [-0.05, 0) is 36.5 Å². The van der Waals surface area contributed by atoms with Gasteiger partial charge in [-0.25, -0.2) is 0 Å². The Kier molecular flexibility index (Phi) is 1.83. The third-order valence-electron chi connectivity index (χ3n) is 3.32. The molecule has 1 heteroatoms. The molecule has 1 aliphatic heterocycles. The molecule has 0 aromatic carbocycles. The van der Waals surface area contributed by atoms with Gasteiger partial charge in [0.2, 0.25) is 0 Å². The lowest BCUT2D eigenvalue weighted by Gasteiger charge is -2.20. The van der Waals surface area contributed by atoms with Crippen molar-refractivity contribution < 1.29 is 0 Å². The van der Waals surface area contributed by atoms with E-state index in [4.69, 9.17) is 0 Å². The smallest absolute Gasteiger partial charge is 0.0483 e. The zero-order valence-electron chi connectivity index (χ0n) is 8.29. The molecular formula is C13H15N. The van der Waals surface area contributed by atoms with Gasteiger partial charge in [0.25, 0.3) is 0 Å². The minimum atomic E-state index is 0.640. The maximum Gasteiger partial charge on any atom is 0.0483 e. The highest BCUT2D eigenvalue weighted by Gasteiger charge is 2.28. The van der Waals surface area contributed by atoms with Crippen LogP contribution < -0.4 is 5.32 Å². The Morgan fingerprint density at radius 2 is 2.14 bits per heavy atom. The lowest BCUT2D eigenvalue weighted by Crippen LogP contribution is -2.26. The average Bonchev–Trinajstić information content (AvgIpc) is 2.42. The minimum Gasteiger partial charge on any atom is -0.378 e. The summed E-state index contributed by atoms with van der Waals surface area (Å²) in [5, 5.41) is 3.62. The quantitative estimate of drug-likeness (QED) is 0.612. The Morgan fingerprint density at radius 1 is 1.14 bits per heavy atom. The van der Waals surface area contributed by atoms with E-state index in [1.165, 1.54) is 37.0 Å². The van der Waals surface area contributed by atoms with Crippen molar-refractivity contribution in [2.24, 2.45) is 0 Å². The van der Waals surface area contributed by atoms with Crippen LogP contribution in [0.5, 0.6) is 0 Å². The zero-order valence-corrected chi connectivity index (χ0v) is 8.29. The predicted molar refractivity (Wildman–Crippen MR) is 58.8 cm³/mol. The van der Waals surface area contributed by atoms with Gasteiger partial charge in [-0.2, -0.15) is 0 Å². The highest BCUT2D eigenvalue weighted by atomic mass is 15.0. The van der Waals surface area contributed by atoms with E-state index in [1.54, 1.807) is 5.57 Å². The van der Waals surface area contributed by atoms with Crippen molar-refractivity contribution in [3.8, 4) is 0 Å². The average molecular weight is 185 g/mol. The molecule has 0 aromatic rings. The Labute approximate surface area is 84.9 Å². The topological polar surface area (TPSA) is 12.0 Å². The molecule has 0 radical (unpaired) electrons. The fourth-order valence-electron chi connectivity index (χ4n) is 2.63. The molecule has 1 N–H and O–H groups in total. The molecule has 3 rings (SSSR count). The van der Waals surface area contributed by atoms with Crippen LogP contribution in [0, 0.1) is 0 Å². The minimum absolute atomic E-state index is 0.640. The number of hydrogen-bond donors (Lipinski definition) is 1. The van der Waals surface area contributed by atoms with Crippen LogP contribution in [0.4, 0.5) is 0 Å².